The molecular formula is C7H10CaO4. The van der Waals surface area contributed by atoms with Gasteiger partial charge in [-0.3, -0.25) is 4.89 Å². The summed E-state index contributed by atoms with van der Waals surface area (Å²) in [5, 5.41) is 7.94. The van der Waals surface area contributed by atoms with E-state index in [9.17, 15) is 4.79 Å². The van der Waals surface area contributed by atoms with E-state index in [4.69, 9.17) is 5.26 Å². The number of benzene rings is 1. The van der Waals surface area contributed by atoms with Gasteiger partial charge in [0.2, 0.25) is 0 Å². The van der Waals surface area contributed by atoms with Gasteiger partial charge < -0.3 is 5.48 Å². The second-order valence-electron chi connectivity index (χ2n) is 1.74. The van der Waals surface area contributed by atoms with Crippen LogP contribution in [-0.4, -0.2) is 54.4 Å². The Morgan fingerprint density at radius 2 is 1.75 bits per heavy atom. The summed E-state index contributed by atoms with van der Waals surface area (Å²) in [6.45, 7) is 0. The van der Waals surface area contributed by atoms with Gasteiger partial charge in [0.1, 0.15) is 0 Å². The van der Waals surface area contributed by atoms with E-state index < -0.39 is 5.97 Å². The average Bonchev–Trinajstić information content (AvgIpc) is 2.05. The molecule has 64 valence electrons. The molecule has 1 aromatic rings. The van der Waals surface area contributed by atoms with E-state index in [-0.39, 0.29) is 43.2 Å². The van der Waals surface area contributed by atoms with Crippen LogP contribution in [-0.2, 0) is 4.89 Å². The van der Waals surface area contributed by atoms with Gasteiger partial charge in [0.05, 0.1) is 5.56 Å². The van der Waals surface area contributed by atoms with Gasteiger partial charge in [-0.25, -0.2) is 4.79 Å². The van der Waals surface area contributed by atoms with Gasteiger partial charge in [-0.2, -0.15) is 5.26 Å². The first-order valence-electron chi connectivity index (χ1n) is 2.75. The predicted octanol–water partition coefficient (Wildman–Crippen LogP) is -0.424. The molecule has 1 aromatic carbocycles. The van der Waals surface area contributed by atoms with Crippen molar-refractivity contribution < 1.29 is 20.4 Å². The summed E-state index contributed by atoms with van der Waals surface area (Å²) in [5.41, 5.74) is 0.338. The molecule has 0 atom stereocenters. The number of rotatable bonds is 1. The molecule has 5 heteroatoms. The van der Waals surface area contributed by atoms with Crippen LogP contribution in [0.15, 0.2) is 30.3 Å². The van der Waals surface area contributed by atoms with E-state index in [2.05, 4.69) is 4.89 Å². The fourth-order valence-corrected chi connectivity index (χ4v) is 0.627. The summed E-state index contributed by atoms with van der Waals surface area (Å²) in [6, 6.07) is 8.25. The van der Waals surface area contributed by atoms with E-state index in [0.29, 0.717) is 5.56 Å². The van der Waals surface area contributed by atoms with Crippen molar-refractivity contribution in [3.05, 3.63) is 35.9 Å². The second-order valence-corrected chi connectivity index (χ2v) is 1.74. The molecular weight excluding hydrogens is 188 g/mol. The topological polar surface area (TPSA) is 78.0 Å². The van der Waals surface area contributed by atoms with Crippen molar-refractivity contribution in [1.82, 2.24) is 0 Å². The molecule has 0 amide bonds. The van der Waals surface area contributed by atoms with Crippen molar-refractivity contribution >= 4 is 43.7 Å². The van der Waals surface area contributed by atoms with Crippen molar-refractivity contribution in [2.24, 2.45) is 0 Å². The van der Waals surface area contributed by atoms with Crippen LogP contribution in [0.1, 0.15) is 10.4 Å². The molecule has 12 heavy (non-hydrogen) atoms. The molecule has 0 aliphatic rings. The summed E-state index contributed by atoms with van der Waals surface area (Å²) in [6.07, 6.45) is 0. The molecule has 1 rings (SSSR count). The zero-order chi connectivity index (χ0) is 7.40. The zero-order valence-electron chi connectivity index (χ0n) is 5.65. The van der Waals surface area contributed by atoms with Crippen LogP contribution < -0.4 is 0 Å². The first-order chi connectivity index (χ1) is 4.84. The van der Waals surface area contributed by atoms with Gasteiger partial charge in [0.15, 0.2) is 0 Å². The molecule has 0 heterocycles. The first kappa shape index (κ1) is 14.4. The average molecular weight is 198 g/mol. The second kappa shape index (κ2) is 7.52. The van der Waals surface area contributed by atoms with Crippen LogP contribution in [0.2, 0.25) is 0 Å². The Balaban J connectivity index is 0. The van der Waals surface area contributed by atoms with Crippen molar-refractivity contribution in [3.63, 3.8) is 0 Å². The van der Waals surface area contributed by atoms with Crippen LogP contribution in [0.25, 0.3) is 0 Å². The fourth-order valence-electron chi connectivity index (χ4n) is 0.627. The van der Waals surface area contributed by atoms with Crippen LogP contribution in [0.5, 0.6) is 0 Å². The van der Waals surface area contributed by atoms with Crippen LogP contribution in [0, 0.1) is 0 Å². The molecule has 0 bridgehead atoms. The Labute approximate surface area is 99.4 Å². The van der Waals surface area contributed by atoms with Gasteiger partial charge in [0.25, 0.3) is 0 Å². The fraction of sp³-hybridized carbons (Fsp3) is 0. The Morgan fingerprint density at radius 3 is 2.17 bits per heavy atom. The Kier molecular flexibility index (Phi) is 9.02. The maximum absolute atomic E-state index is 10.5. The van der Waals surface area contributed by atoms with E-state index in [1.165, 1.54) is 0 Å². The maximum atomic E-state index is 10.5. The van der Waals surface area contributed by atoms with Gasteiger partial charge in [0, 0.05) is 0 Å². The van der Waals surface area contributed by atoms with Gasteiger partial charge in [-0.05, 0) is 12.1 Å². The molecule has 0 aromatic heterocycles. The normalized spacial score (nSPS) is 7.42. The van der Waals surface area contributed by atoms with Crippen molar-refractivity contribution in [1.29, 1.82) is 0 Å². The predicted molar refractivity (Wildman–Crippen MR) is 46.6 cm³/mol. The van der Waals surface area contributed by atoms with Crippen LogP contribution in [0.4, 0.5) is 0 Å². The van der Waals surface area contributed by atoms with E-state index in [1.807, 2.05) is 0 Å². The number of hydrogen-bond acceptors (Lipinski definition) is 3. The molecule has 3 N–H and O–H groups in total. The number of hydrogen-bond donors (Lipinski definition) is 1. The van der Waals surface area contributed by atoms with Crippen molar-refractivity contribution in [3.8, 4) is 0 Å². The molecule has 0 aliphatic carbocycles. The Morgan fingerprint density at radius 1 is 1.25 bits per heavy atom. The minimum atomic E-state index is -0.736. The molecule has 0 radical (unpaired) electrons. The standard InChI is InChI=1S/C7H6O3.Ca.H2O.2H/c8-7(10-9)6-4-2-1-3-5-6;;;;/h1-5,9H;;1H2;;. The number of carbonyl (C=O) groups is 1. The number of carbonyl (C=O) groups excluding carboxylic acids is 1. The SMILES string of the molecule is O.O=C(OO)c1ccccc1.[CaH2]. The monoisotopic (exact) mass is 198 g/mol. The van der Waals surface area contributed by atoms with Gasteiger partial charge >= 0.3 is 43.7 Å². The van der Waals surface area contributed by atoms with Gasteiger partial charge in [-0.1, -0.05) is 18.2 Å². The van der Waals surface area contributed by atoms with E-state index >= 15 is 0 Å². The molecule has 0 saturated heterocycles. The first-order valence-corrected chi connectivity index (χ1v) is 2.75. The third-order valence-electron chi connectivity index (χ3n) is 1.09. The van der Waals surface area contributed by atoms with Crippen LogP contribution in [0.3, 0.4) is 0 Å². The summed E-state index contributed by atoms with van der Waals surface area (Å²) in [5.74, 6) is -0.736. The molecule has 0 unspecified atom stereocenters. The van der Waals surface area contributed by atoms with E-state index in [0.717, 1.165) is 0 Å². The molecule has 0 aliphatic heterocycles. The molecule has 4 nitrogen and oxygen atoms in total. The Hall–Kier alpha value is -0.130. The van der Waals surface area contributed by atoms with Crippen molar-refractivity contribution in [2.75, 3.05) is 0 Å². The van der Waals surface area contributed by atoms with Crippen molar-refractivity contribution in [2.45, 2.75) is 0 Å². The third-order valence-corrected chi connectivity index (χ3v) is 1.09. The minimum absolute atomic E-state index is 0. The zero-order valence-corrected chi connectivity index (χ0v) is 5.65. The third kappa shape index (κ3) is 4.04. The quantitative estimate of drug-likeness (QED) is 0.378. The van der Waals surface area contributed by atoms with Gasteiger partial charge in [-0.15, -0.1) is 0 Å². The summed E-state index contributed by atoms with van der Waals surface area (Å²) in [7, 11) is 0. The summed E-state index contributed by atoms with van der Waals surface area (Å²) < 4.78 is 0. The Bertz CT molecular complexity index is 224. The summed E-state index contributed by atoms with van der Waals surface area (Å²) in [4.78, 5) is 14.0. The molecule has 0 fully saturated rings. The van der Waals surface area contributed by atoms with E-state index in [1.54, 1.807) is 30.3 Å². The summed E-state index contributed by atoms with van der Waals surface area (Å²) >= 11 is 0. The molecule has 0 spiro atoms. The van der Waals surface area contributed by atoms with Crippen LogP contribution >= 0.6 is 0 Å². The molecule has 0 saturated carbocycles.